The Bertz CT molecular complexity index is 479. The van der Waals surface area contributed by atoms with Crippen LogP contribution in [-0.4, -0.2) is 0 Å². The van der Waals surface area contributed by atoms with Gasteiger partial charge < -0.3 is 0 Å². The molecule has 3 rings (SSSR count). The Morgan fingerprint density at radius 1 is 0.938 bits per heavy atom. The summed E-state index contributed by atoms with van der Waals surface area (Å²) in [5, 5.41) is 0. The number of rotatable bonds is 0. The van der Waals surface area contributed by atoms with Crippen LogP contribution in [0.25, 0.3) is 11.1 Å². The minimum Gasteiger partial charge on any atom is -0.179 e. The summed E-state index contributed by atoms with van der Waals surface area (Å²) in [7, 11) is 0. The third-order valence-electron chi connectivity index (χ3n) is 3.37. The molecule has 0 atom stereocenters. The average Bonchev–Trinajstić information content (AvgIpc) is 2.51. The van der Waals surface area contributed by atoms with Crippen LogP contribution >= 0.6 is 0 Å². The molecular weight excluding hydrogens is 187 g/mol. The Morgan fingerprint density at radius 2 is 1.62 bits per heavy atom. The minimum absolute atomic E-state index is 0. The molecule has 0 spiro atoms. The van der Waals surface area contributed by atoms with Crippen molar-refractivity contribution in [1.82, 2.24) is 0 Å². The van der Waals surface area contributed by atoms with Crippen molar-refractivity contribution < 1.29 is 18.9 Å². The molecule has 2 aromatic rings. The predicted molar refractivity (Wildman–Crippen MR) is 62.8 cm³/mol. The van der Waals surface area contributed by atoms with Crippen LogP contribution < -0.4 is 18.9 Å². The Kier molecular flexibility index (Phi) is 2.74. The monoisotopic (exact) mass is 200 g/mol. The van der Waals surface area contributed by atoms with Gasteiger partial charge in [-0.3, -0.25) is 0 Å². The third kappa shape index (κ3) is 1.38. The fraction of sp³-hybridized carbons (Fsp3) is 0.200. The van der Waals surface area contributed by atoms with E-state index in [1.165, 1.54) is 22.3 Å². The minimum atomic E-state index is 0. The van der Waals surface area contributed by atoms with Gasteiger partial charge in [-0.05, 0) is 11.0 Å². The summed E-state index contributed by atoms with van der Waals surface area (Å²) >= 11 is 0. The summed E-state index contributed by atoms with van der Waals surface area (Å²) in [6.45, 7) is 4.54. The van der Waals surface area contributed by atoms with Crippen molar-refractivity contribution >= 4 is 0 Å². The van der Waals surface area contributed by atoms with E-state index >= 15 is 0 Å². The van der Waals surface area contributed by atoms with E-state index in [1.807, 2.05) is 6.07 Å². The molecule has 1 heteroatoms. The Balaban J connectivity index is 0.000000963. The molecule has 0 nitrogen and oxygen atoms in total. The maximum atomic E-state index is 3.39. The van der Waals surface area contributed by atoms with Crippen molar-refractivity contribution in [2.24, 2.45) is 0 Å². The van der Waals surface area contributed by atoms with E-state index in [2.05, 4.69) is 56.3 Å². The Morgan fingerprint density at radius 3 is 2.44 bits per heavy atom. The first-order chi connectivity index (χ1) is 7.21. The fourth-order valence-corrected chi connectivity index (χ4v) is 2.58. The maximum Gasteiger partial charge on any atom is 1.00 e. The zero-order chi connectivity index (χ0) is 10.5. The molecule has 0 fully saturated rings. The molecule has 0 unspecified atom stereocenters. The molecule has 0 aliphatic heterocycles. The van der Waals surface area contributed by atoms with Crippen molar-refractivity contribution in [1.29, 1.82) is 0 Å². The van der Waals surface area contributed by atoms with Gasteiger partial charge in [0.05, 0.1) is 0 Å². The van der Waals surface area contributed by atoms with Crippen molar-refractivity contribution in [2.45, 2.75) is 19.3 Å². The van der Waals surface area contributed by atoms with E-state index in [0.29, 0.717) is 0 Å². The first kappa shape index (κ1) is 11.5. The first-order valence-electron chi connectivity index (χ1n) is 5.32. The van der Waals surface area contributed by atoms with Gasteiger partial charge >= 0.3 is 18.9 Å². The van der Waals surface area contributed by atoms with Crippen LogP contribution in [0.5, 0.6) is 0 Å². The topological polar surface area (TPSA) is 0 Å². The average molecular weight is 200 g/mol. The van der Waals surface area contributed by atoms with Crippen molar-refractivity contribution in [2.75, 3.05) is 0 Å². The molecule has 0 N–H and O–H groups in total. The van der Waals surface area contributed by atoms with Crippen molar-refractivity contribution in [3.63, 3.8) is 0 Å². The molecule has 1 aliphatic rings. The fourth-order valence-electron chi connectivity index (χ4n) is 2.58. The molecule has 0 saturated carbocycles. The SMILES string of the molecule is CC1(C)c2[c-]cccc2-c2ccccc21.[Li+]. The quantitative estimate of drug-likeness (QED) is 0.436. The molecule has 2 aromatic carbocycles. The summed E-state index contributed by atoms with van der Waals surface area (Å²) in [6.07, 6.45) is 0. The molecule has 0 bridgehead atoms. The molecule has 16 heavy (non-hydrogen) atoms. The first-order valence-corrected chi connectivity index (χ1v) is 5.32. The normalized spacial score (nSPS) is 14.9. The second-order valence-electron chi connectivity index (χ2n) is 4.63. The zero-order valence-corrected chi connectivity index (χ0v) is 10.0. The number of hydrogen-bond acceptors (Lipinski definition) is 0. The van der Waals surface area contributed by atoms with Gasteiger partial charge in [-0.1, -0.05) is 43.7 Å². The van der Waals surface area contributed by atoms with Gasteiger partial charge in [0.1, 0.15) is 0 Å². The Labute approximate surface area is 109 Å². The van der Waals surface area contributed by atoms with Crippen molar-refractivity contribution in [3.05, 3.63) is 59.7 Å². The summed E-state index contributed by atoms with van der Waals surface area (Å²) in [5.74, 6) is 0. The van der Waals surface area contributed by atoms with Crippen LogP contribution in [0, 0.1) is 6.07 Å². The van der Waals surface area contributed by atoms with E-state index in [0.717, 1.165) is 0 Å². The van der Waals surface area contributed by atoms with Gasteiger partial charge in [-0.2, -0.15) is 24.3 Å². The van der Waals surface area contributed by atoms with Gasteiger partial charge in [0.15, 0.2) is 0 Å². The van der Waals surface area contributed by atoms with Gasteiger partial charge in [-0.25, -0.2) is 0 Å². The largest absolute Gasteiger partial charge is 1.00 e. The van der Waals surface area contributed by atoms with Crippen LogP contribution in [0.1, 0.15) is 25.0 Å². The summed E-state index contributed by atoms with van der Waals surface area (Å²) < 4.78 is 0. The molecule has 0 heterocycles. The molecule has 1 aliphatic carbocycles. The van der Waals surface area contributed by atoms with Crippen LogP contribution in [0.4, 0.5) is 0 Å². The number of fused-ring (bicyclic) bond motifs is 3. The standard InChI is InChI=1S/C15H13.Li/c1-15(2)13-9-5-3-7-11(13)12-8-4-6-10-14(12)15;/h3-9H,1-2H3;/q-1;+1. The van der Waals surface area contributed by atoms with Gasteiger partial charge in [-0.15, -0.1) is 11.1 Å². The second-order valence-corrected chi connectivity index (χ2v) is 4.63. The molecule has 0 amide bonds. The second kappa shape index (κ2) is 3.81. The van der Waals surface area contributed by atoms with Crippen LogP contribution in [0.3, 0.4) is 0 Å². The summed E-state index contributed by atoms with van der Waals surface area (Å²) in [6, 6.07) is 18.3. The molecule has 0 radical (unpaired) electrons. The van der Waals surface area contributed by atoms with Gasteiger partial charge in [0.2, 0.25) is 0 Å². The Hall–Kier alpha value is -0.963. The van der Waals surface area contributed by atoms with E-state index < -0.39 is 0 Å². The van der Waals surface area contributed by atoms with E-state index in [4.69, 9.17) is 0 Å². The van der Waals surface area contributed by atoms with E-state index in [9.17, 15) is 0 Å². The smallest absolute Gasteiger partial charge is 0.179 e. The third-order valence-corrected chi connectivity index (χ3v) is 3.37. The summed E-state index contributed by atoms with van der Waals surface area (Å²) in [5.41, 5.74) is 5.56. The zero-order valence-electron chi connectivity index (χ0n) is 10.0. The van der Waals surface area contributed by atoms with Crippen LogP contribution in [-0.2, 0) is 5.41 Å². The molecular formula is C15H13Li. The number of hydrogen-bond donors (Lipinski definition) is 0. The number of benzene rings is 2. The van der Waals surface area contributed by atoms with Gasteiger partial charge in [0, 0.05) is 0 Å². The van der Waals surface area contributed by atoms with Crippen molar-refractivity contribution in [3.8, 4) is 11.1 Å². The van der Waals surface area contributed by atoms with Crippen LogP contribution in [0.15, 0.2) is 42.5 Å². The molecule has 0 saturated heterocycles. The van der Waals surface area contributed by atoms with E-state index in [-0.39, 0.29) is 24.3 Å². The summed E-state index contributed by atoms with van der Waals surface area (Å²) in [4.78, 5) is 0. The van der Waals surface area contributed by atoms with Crippen LogP contribution in [0.2, 0.25) is 0 Å². The van der Waals surface area contributed by atoms with Gasteiger partial charge in [0.25, 0.3) is 0 Å². The predicted octanol–water partition coefficient (Wildman–Crippen LogP) is 0.797. The molecule has 74 valence electrons. The maximum absolute atomic E-state index is 3.39. The molecule has 0 aromatic heterocycles. The van der Waals surface area contributed by atoms with E-state index in [1.54, 1.807) is 0 Å².